The molecular formula is C90H58F6N2. The minimum atomic E-state index is -1.54. The van der Waals surface area contributed by atoms with Crippen LogP contribution >= 0.6 is 0 Å². The van der Waals surface area contributed by atoms with Gasteiger partial charge in [-0.1, -0.05) is 244 Å². The standard InChI is InChI=1S/C90H58F6N2/c1-3-57-23-35-65(36-24-57)89(67-51-83(91)87(95)84(92)52-67)79-21-13-11-19-75(79)77-49-47-73(55-81(77)89)97(69-39-27-61(28-40-69)59-15-7-5-8-16-59)71-43-31-63(32-44-71)64-33-45-72(46-34-64)98(70-41-29-62(30-42-70)60-17-9-6-10-18-60)74-48-50-78-76-20-12-14-22-80(76)90(82(78)56-74,66-37-25-58(4-2)26-38-66)68-53-85(93)88(96)86(94)54-68/h3-56H,1-2H2. The average molecular weight is 1280 g/mol. The van der Waals surface area contributed by atoms with Crippen molar-refractivity contribution in [1.29, 1.82) is 0 Å². The molecule has 2 aliphatic rings. The highest BCUT2D eigenvalue weighted by Gasteiger charge is 2.49. The van der Waals surface area contributed by atoms with Gasteiger partial charge in [0, 0.05) is 34.1 Å². The number of nitrogens with zero attached hydrogens (tertiary/aromatic N) is 2. The maximum atomic E-state index is 15.8. The monoisotopic (exact) mass is 1280 g/mol. The topological polar surface area (TPSA) is 6.48 Å². The maximum absolute atomic E-state index is 15.8. The van der Waals surface area contributed by atoms with Crippen molar-refractivity contribution in [3.8, 4) is 55.6 Å². The molecule has 14 aromatic rings. The lowest BCUT2D eigenvalue weighted by Crippen LogP contribution is -2.29. The number of hydrogen-bond donors (Lipinski definition) is 0. The molecule has 0 spiro atoms. The molecule has 8 heteroatoms. The molecule has 0 heterocycles. The van der Waals surface area contributed by atoms with E-state index in [-0.39, 0.29) is 11.1 Å². The summed E-state index contributed by atoms with van der Waals surface area (Å²) in [6, 6.07) is 102. The average Bonchev–Trinajstić information content (AvgIpc) is 1.54. The van der Waals surface area contributed by atoms with Crippen LogP contribution in [0.15, 0.2) is 329 Å². The molecule has 2 nitrogen and oxygen atoms in total. The Morgan fingerprint density at radius 3 is 0.806 bits per heavy atom. The van der Waals surface area contributed by atoms with Crippen LogP contribution in [0.3, 0.4) is 0 Å². The Morgan fingerprint density at radius 2 is 0.500 bits per heavy atom. The van der Waals surface area contributed by atoms with E-state index in [9.17, 15) is 0 Å². The third-order valence-electron chi connectivity index (χ3n) is 19.6. The zero-order valence-electron chi connectivity index (χ0n) is 52.8. The van der Waals surface area contributed by atoms with Crippen LogP contribution in [0, 0.1) is 34.9 Å². The minimum Gasteiger partial charge on any atom is -0.310 e. The van der Waals surface area contributed by atoms with Gasteiger partial charge in [-0.15, -0.1) is 0 Å². The van der Waals surface area contributed by atoms with E-state index in [2.05, 4.69) is 181 Å². The van der Waals surface area contributed by atoms with Crippen LogP contribution in [0.5, 0.6) is 0 Å². The summed E-state index contributed by atoms with van der Waals surface area (Å²) in [7, 11) is 0. The van der Waals surface area contributed by atoms with Gasteiger partial charge in [0.1, 0.15) is 0 Å². The second kappa shape index (κ2) is 24.5. The Kier molecular flexibility index (Phi) is 15.2. The molecule has 14 aromatic carbocycles. The van der Waals surface area contributed by atoms with Crippen molar-refractivity contribution in [1.82, 2.24) is 0 Å². The van der Waals surface area contributed by atoms with Crippen LogP contribution in [0.1, 0.15) is 55.6 Å². The molecule has 0 fully saturated rings. The van der Waals surface area contributed by atoms with E-state index in [4.69, 9.17) is 0 Å². The molecular weight excluding hydrogens is 1220 g/mol. The highest BCUT2D eigenvalue weighted by Crippen LogP contribution is 2.60. The highest BCUT2D eigenvalue weighted by molar-refractivity contribution is 5.93. The van der Waals surface area contributed by atoms with E-state index >= 15 is 26.3 Å². The first-order chi connectivity index (χ1) is 47.9. The van der Waals surface area contributed by atoms with Gasteiger partial charge in [-0.05, 0) is 208 Å². The summed E-state index contributed by atoms with van der Waals surface area (Å²) >= 11 is 0. The molecule has 98 heavy (non-hydrogen) atoms. The molecule has 0 N–H and O–H groups in total. The van der Waals surface area contributed by atoms with Crippen molar-refractivity contribution in [2.75, 3.05) is 9.80 Å². The second-order valence-corrected chi connectivity index (χ2v) is 24.8. The summed E-state index contributed by atoms with van der Waals surface area (Å²) in [4.78, 5) is 4.35. The van der Waals surface area contributed by atoms with Gasteiger partial charge in [-0.25, -0.2) is 26.3 Å². The SMILES string of the molecule is C=Cc1ccc(C2(c3cc(F)c(F)c(F)c3)c3ccccc3-c3ccc(N(c4ccc(-c5ccccc5)cc4)c4ccc(-c5ccc(N(c6ccc(-c7ccccc7)cc6)c6ccc7c(c6)C(c6ccc(C=C)cc6)(c6cc(F)c(F)c(F)c6)c6ccccc6-7)cc5)cc4)cc32)cc1. The summed E-state index contributed by atoms with van der Waals surface area (Å²) < 4.78 is 93.6. The van der Waals surface area contributed by atoms with Gasteiger partial charge in [0.2, 0.25) is 0 Å². The Morgan fingerprint density at radius 1 is 0.235 bits per heavy atom. The van der Waals surface area contributed by atoms with Crippen molar-refractivity contribution < 1.29 is 26.3 Å². The summed E-state index contributed by atoms with van der Waals surface area (Å²) in [5, 5.41) is 0. The first-order valence-electron chi connectivity index (χ1n) is 32.3. The lowest BCUT2D eigenvalue weighted by atomic mass is 9.67. The van der Waals surface area contributed by atoms with Crippen LogP contribution in [-0.2, 0) is 10.8 Å². The van der Waals surface area contributed by atoms with E-state index in [1.54, 1.807) is 12.2 Å². The smallest absolute Gasteiger partial charge is 0.194 e. The molecule has 0 saturated carbocycles. The Bertz CT molecular complexity index is 5020. The predicted molar refractivity (Wildman–Crippen MR) is 387 cm³/mol. The number of hydrogen-bond acceptors (Lipinski definition) is 2. The lowest BCUT2D eigenvalue weighted by Gasteiger charge is -2.35. The second-order valence-electron chi connectivity index (χ2n) is 24.8. The normalized spacial score (nSPS) is 14.8. The van der Waals surface area contributed by atoms with Crippen molar-refractivity contribution in [3.63, 3.8) is 0 Å². The molecule has 470 valence electrons. The van der Waals surface area contributed by atoms with E-state index in [1.165, 1.54) is 0 Å². The van der Waals surface area contributed by atoms with Gasteiger partial charge in [0.25, 0.3) is 0 Å². The van der Waals surface area contributed by atoms with Gasteiger partial charge in [0.15, 0.2) is 34.9 Å². The third-order valence-corrected chi connectivity index (χ3v) is 19.6. The lowest BCUT2D eigenvalue weighted by molar-refractivity contribution is 0.443. The van der Waals surface area contributed by atoms with Crippen LogP contribution in [0.25, 0.3) is 67.8 Å². The van der Waals surface area contributed by atoms with E-state index in [1.807, 2.05) is 133 Å². The Balaban J connectivity index is 0.820. The molecule has 0 bridgehead atoms. The number of anilines is 6. The minimum absolute atomic E-state index is 0.241. The molecule has 2 unspecified atom stereocenters. The van der Waals surface area contributed by atoms with Gasteiger partial charge >= 0.3 is 0 Å². The zero-order valence-corrected chi connectivity index (χ0v) is 52.8. The molecule has 0 saturated heterocycles. The van der Waals surface area contributed by atoms with Crippen molar-refractivity contribution in [2.45, 2.75) is 10.8 Å². The largest absolute Gasteiger partial charge is 0.310 e. The molecule has 0 aromatic heterocycles. The summed E-state index contributed by atoms with van der Waals surface area (Å²) in [6.07, 6.45) is 3.48. The van der Waals surface area contributed by atoms with Crippen LogP contribution < -0.4 is 9.80 Å². The summed E-state index contributed by atoms with van der Waals surface area (Å²) in [5.74, 6) is -8.21. The fraction of sp³-hybridized carbons (Fsp3) is 0.0222. The number of fused-ring (bicyclic) bond motifs is 6. The Labute approximate surface area is 564 Å². The summed E-state index contributed by atoms with van der Waals surface area (Å²) in [5.41, 5.74) is 18.7. The molecule has 16 rings (SSSR count). The van der Waals surface area contributed by atoms with Crippen LogP contribution in [0.4, 0.5) is 60.5 Å². The predicted octanol–water partition coefficient (Wildman–Crippen LogP) is 24.5. The van der Waals surface area contributed by atoms with Crippen molar-refractivity contribution >= 4 is 46.3 Å². The van der Waals surface area contributed by atoms with Crippen LogP contribution in [0.2, 0.25) is 0 Å². The summed E-state index contributed by atoms with van der Waals surface area (Å²) in [6.45, 7) is 7.96. The zero-order chi connectivity index (χ0) is 66.8. The molecule has 0 aliphatic heterocycles. The fourth-order valence-electron chi connectivity index (χ4n) is 15.0. The van der Waals surface area contributed by atoms with Crippen molar-refractivity contribution in [2.24, 2.45) is 0 Å². The van der Waals surface area contributed by atoms with Gasteiger partial charge in [0.05, 0.1) is 10.8 Å². The first-order valence-corrected chi connectivity index (χ1v) is 32.3. The van der Waals surface area contributed by atoms with Gasteiger partial charge in [-0.3, -0.25) is 0 Å². The van der Waals surface area contributed by atoms with Crippen molar-refractivity contribution in [3.05, 3.63) is 419 Å². The van der Waals surface area contributed by atoms with E-state index < -0.39 is 45.7 Å². The molecule has 0 amide bonds. The third kappa shape index (κ3) is 9.97. The number of benzene rings is 14. The van der Waals surface area contributed by atoms with Crippen LogP contribution in [-0.4, -0.2) is 0 Å². The Hall–Kier alpha value is -12.3. The number of halogens is 6. The van der Waals surface area contributed by atoms with E-state index in [0.29, 0.717) is 0 Å². The molecule has 2 aliphatic carbocycles. The number of rotatable bonds is 15. The fourth-order valence-corrected chi connectivity index (χ4v) is 15.0. The van der Waals surface area contributed by atoms with Gasteiger partial charge < -0.3 is 9.80 Å². The van der Waals surface area contributed by atoms with E-state index in [0.717, 1.165) is 159 Å². The molecule has 2 atom stereocenters. The van der Waals surface area contributed by atoms with Gasteiger partial charge in [-0.2, -0.15) is 0 Å². The first kappa shape index (κ1) is 60.7. The highest BCUT2D eigenvalue weighted by atomic mass is 19.2. The maximum Gasteiger partial charge on any atom is 0.194 e. The molecule has 0 radical (unpaired) electrons. The quantitative estimate of drug-likeness (QED) is 0.0746.